The van der Waals surface area contributed by atoms with Crippen LogP contribution in [0.3, 0.4) is 0 Å². The van der Waals surface area contributed by atoms with Gasteiger partial charge in [-0.05, 0) is 307 Å². The van der Waals surface area contributed by atoms with Crippen LogP contribution in [0.25, 0.3) is 0 Å². The summed E-state index contributed by atoms with van der Waals surface area (Å²) >= 11 is 48.2. The van der Waals surface area contributed by atoms with E-state index in [2.05, 4.69) is 47.5 Å². The van der Waals surface area contributed by atoms with Crippen LogP contribution >= 0.6 is 92.8 Å². The van der Waals surface area contributed by atoms with E-state index in [9.17, 15) is 55.9 Å². The molecule has 15 rings (SSSR count). The molecule has 0 unspecified atom stereocenters. The van der Waals surface area contributed by atoms with Crippen LogP contribution < -0.4 is 42.5 Å². The van der Waals surface area contributed by atoms with Crippen LogP contribution in [0, 0.1) is 67.2 Å². The van der Waals surface area contributed by atoms with Crippen molar-refractivity contribution in [3.63, 3.8) is 0 Å². The average Bonchev–Trinajstić information content (AvgIpc) is 1.58. The highest BCUT2D eigenvalue weighted by atomic mass is 35.5. The predicted molar refractivity (Wildman–Crippen MR) is 533 cm³/mol. The second kappa shape index (κ2) is 46.1. The number of rotatable bonds is 20. The fourth-order valence-electron chi connectivity index (χ4n) is 14.7. The Balaban J connectivity index is 0.000000162. The number of aliphatic imine (C=N–C) groups is 1. The van der Waals surface area contributed by atoms with Crippen molar-refractivity contribution in [3.05, 3.63) is 371 Å². The van der Waals surface area contributed by atoms with E-state index in [1.807, 2.05) is 9.80 Å². The summed E-state index contributed by atoms with van der Waals surface area (Å²) in [4.78, 5) is 112. The minimum Gasteiger partial charge on any atom is -0.357 e. The second-order valence-electron chi connectivity index (χ2n) is 31.5. The summed E-state index contributed by atoms with van der Waals surface area (Å²) in [7, 11) is 0. The Labute approximate surface area is 815 Å². The Morgan fingerprint density at radius 2 is 0.541 bits per heavy atom. The Hall–Kier alpha value is -13.3. The average molecular weight is 1980 g/mol. The molecule has 3 aliphatic rings. The summed E-state index contributed by atoms with van der Waals surface area (Å²) in [5.41, 5.74) is 7.86. The monoisotopic (exact) mass is 1980 g/mol. The maximum Gasteiger partial charge on any atom is 0.258 e. The maximum absolute atomic E-state index is 15.0. The quantitative estimate of drug-likeness (QED) is 0.0195. The summed E-state index contributed by atoms with van der Waals surface area (Å²) in [6, 6.07) is 55.0. The summed E-state index contributed by atoms with van der Waals surface area (Å²) in [5, 5.41) is 49.3. The molecule has 0 saturated carbocycles. The van der Waals surface area contributed by atoms with Crippen LogP contribution in [0.2, 0.25) is 40.2 Å². The zero-order chi connectivity index (χ0) is 97.2. The molecule has 3 heterocycles. The highest BCUT2D eigenvalue weighted by molar-refractivity contribution is 6.35. The van der Waals surface area contributed by atoms with Gasteiger partial charge in [-0.15, -0.1) is 0 Å². The van der Waals surface area contributed by atoms with Gasteiger partial charge in [0, 0.05) is 118 Å². The minimum absolute atomic E-state index is 0.126. The van der Waals surface area contributed by atoms with Crippen LogP contribution in [0.1, 0.15) is 179 Å². The number of carbonyl (C=O) groups is 8. The molecule has 3 aliphatic heterocycles. The molecule has 0 spiro atoms. The zero-order valence-corrected chi connectivity index (χ0v) is 79.0. The first-order valence-electron chi connectivity index (χ1n) is 42.1. The van der Waals surface area contributed by atoms with Crippen molar-refractivity contribution in [2.24, 2.45) is 4.99 Å². The number of amides is 8. The SMILES string of the molecule is CC(=N)c1ccc(C(=O)Nc2c(C)cc(Cl)cc2C(=O)Nc2ccc(Cl)cc2)c(F)c1.Cc1cc(Cl)cc(C(=O)Nc2ccc(Cl)cc2)c1NC(=O)c1ccc(C(=N)N2CCCC2)cc1F.Cc1cc(Cl)cc(C(=O)Nc2ccc(Cl)cc2)c1NC(=O)c1ccc(C(=N)N2CCCCC2)cc1F.Cc1cc(Cl)cc(C(=O)Nc2ccc(Cl)cc2)c1NC(=O)c1ccc(C2=NCCC2)cc1F. The van der Waals surface area contributed by atoms with Gasteiger partial charge >= 0.3 is 0 Å². The number of benzene rings is 12. The first-order valence-corrected chi connectivity index (χ1v) is 45.1. The van der Waals surface area contributed by atoms with Gasteiger partial charge in [0.05, 0.1) is 67.3 Å². The summed E-state index contributed by atoms with van der Waals surface area (Å²) in [6.07, 6.45) is 6.86. The maximum atomic E-state index is 15.0. The Kier molecular flexibility index (Phi) is 34.4. The summed E-state index contributed by atoms with van der Waals surface area (Å²) < 4.78 is 59.1. The summed E-state index contributed by atoms with van der Waals surface area (Å²) in [6.45, 7) is 12.1. The third kappa shape index (κ3) is 26.6. The van der Waals surface area contributed by atoms with E-state index in [-0.39, 0.29) is 84.6 Å². The molecule has 12 aromatic carbocycles. The lowest BCUT2D eigenvalue weighted by atomic mass is 10.0. The summed E-state index contributed by atoms with van der Waals surface area (Å²) in [5.74, 6) is -7.22. The Morgan fingerprint density at radius 3 is 0.800 bits per heavy atom. The van der Waals surface area contributed by atoms with Gasteiger partial charge < -0.3 is 57.7 Å². The fourth-order valence-corrected chi connectivity index (χ4v) is 16.3. The van der Waals surface area contributed by atoms with E-state index in [0.717, 1.165) is 89.4 Å². The zero-order valence-electron chi connectivity index (χ0n) is 72.9. The number of aryl methyl sites for hydroxylation is 4. The lowest BCUT2D eigenvalue weighted by Crippen LogP contribution is -2.35. The van der Waals surface area contributed by atoms with Crippen molar-refractivity contribution in [2.75, 3.05) is 75.3 Å². The molecule has 2 saturated heterocycles. The van der Waals surface area contributed by atoms with Gasteiger partial charge in [0.25, 0.3) is 47.3 Å². The molecule has 692 valence electrons. The molecular formula is C101H86Cl8F4N14O8. The third-order valence-corrected chi connectivity index (χ3v) is 23.6. The van der Waals surface area contributed by atoms with Crippen molar-refractivity contribution in [1.29, 1.82) is 16.2 Å². The number of likely N-dealkylation sites (tertiary alicyclic amines) is 2. The van der Waals surface area contributed by atoms with Crippen molar-refractivity contribution in [1.82, 2.24) is 9.80 Å². The van der Waals surface area contributed by atoms with E-state index >= 15 is 0 Å². The molecule has 0 radical (unpaired) electrons. The number of nitrogens with zero attached hydrogens (tertiary/aromatic N) is 3. The minimum atomic E-state index is -0.764. The van der Waals surface area contributed by atoms with E-state index in [0.29, 0.717) is 107 Å². The van der Waals surface area contributed by atoms with Gasteiger partial charge in [0.15, 0.2) is 0 Å². The van der Waals surface area contributed by atoms with Gasteiger partial charge in [0.2, 0.25) is 0 Å². The number of hydrogen-bond acceptors (Lipinski definition) is 12. The Bertz CT molecular complexity index is 6680. The number of piperidine rings is 1. The van der Waals surface area contributed by atoms with Crippen molar-refractivity contribution < 1.29 is 55.9 Å². The number of amidine groups is 2. The fraction of sp³-hybridized carbons (Fsp3) is 0.168. The molecule has 0 bridgehead atoms. The molecule has 8 amide bonds. The lowest BCUT2D eigenvalue weighted by molar-refractivity contribution is 0.100. The molecular weight excluding hydrogens is 1900 g/mol. The van der Waals surface area contributed by atoms with Gasteiger partial charge in [-0.25, -0.2) is 17.6 Å². The molecule has 0 atom stereocenters. The van der Waals surface area contributed by atoms with Crippen molar-refractivity contribution >= 4 is 209 Å². The topological polar surface area (TPSA) is 323 Å². The molecule has 12 aromatic rings. The van der Waals surface area contributed by atoms with Crippen LogP contribution in [0.4, 0.5) is 63.1 Å². The lowest BCUT2D eigenvalue weighted by Gasteiger charge is -2.29. The number of halogens is 12. The van der Waals surface area contributed by atoms with Crippen LogP contribution in [0.15, 0.2) is 223 Å². The van der Waals surface area contributed by atoms with E-state index in [1.54, 1.807) is 167 Å². The molecule has 2 fully saturated rings. The molecule has 0 aromatic heterocycles. The molecule has 11 N–H and O–H groups in total. The predicted octanol–water partition coefficient (Wildman–Crippen LogP) is 26.0. The largest absolute Gasteiger partial charge is 0.357 e. The smallest absolute Gasteiger partial charge is 0.258 e. The van der Waals surface area contributed by atoms with Gasteiger partial charge in [-0.3, -0.25) is 54.2 Å². The van der Waals surface area contributed by atoms with Gasteiger partial charge in [-0.2, -0.15) is 0 Å². The van der Waals surface area contributed by atoms with E-state index in [1.165, 1.54) is 79.7 Å². The second-order valence-corrected chi connectivity index (χ2v) is 35.0. The Morgan fingerprint density at radius 1 is 0.289 bits per heavy atom. The highest BCUT2D eigenvalue weighted by Gasteiger charge is 2.29. The number of carbonyl (C=O) groups excluding carboxylic acids is 8. The first kappa shape index (κ1) is 101. The third-order valence-electron chi connectivity index (χ3n) is 21.7. The molecule has 22 nitrogen and oxygen atoms in total. The van der Waals surface area contributed by atoms with Crippen LogP contribution in [-0.2, 0) is 0 Å². The number of nitrogens with one attached hydrogen (secondary N) is 11. The van der Waals surface area contributed by atoms with E-state index in [4.69, 9.17) is 109 Å². The van der Waals surface area contributed by atoms with E-state index < -0.39 is 70.5 Å². The molecule has 0 aliphatic carbocycles. The van der Waals surface area contributed by atoms with Gasteiger partial charge in [0.1, 0.15) is 34.9 Å². The van der Waals surface area contributed by atoms with Gasteiger partial charge in [-0.1, -0.05) is 117 Å². The molecule has 135 heavy (non-hydrogen) atoms. The highest BCUT2D eigenvalue weighted by Crippen LogP contribution is 2.35. The standard InChI is InChI=1S/C27H25Cl2FN4O2.C26H23Cl2FN4O2.C25H20Cl2FN3O2.C23H18Cl2FN3O2/c1-16-13-19(29)15-22(27(36)32-20-8-6-18(28)7-9-20)24(16)33-26(35)21-10-5-17(14-23(21)30)25(31)34-11-3-2-4-12-34;1-15-12-18(28)14-21(26(35)31-19-7-5-17(27)6-8-19)23(15)32-25(34)20-9-4-16(13-22(20)29)24(30)33-10-2-3-11-33;1-14-11-17(27)13-20(25(33)30-18-7-5-16(26)6-8-18)23(14)31-24(32)19-9-4-15(12-21(19)28)22-3-2-10-29-22;1-12-9-16(25)11-19(23(31)28-17-6-4-15(24)5-7-17)21(12)29-22(30)18-8-3-14(13(2)27)10-20(18)26/h5-10,13-15,31H,2-4,11-12H2,1H3,(H,32,36)(H,33,35);4-9,12-14,30H,2-3,10-11H2,1H3,(H,31,35)(H,32,34);4-9,11-13H,2-3,10H2,1H3,(H,30,33)(H,31,32);3-11,27H,1-2H3,(H,28,31)(H,29,30). The number of anilines is 8. The van der Waals surface area contributed by atoms with Crippen LogP contribution in [-0.4, -0.2) is 113 Å². The molecule has 34 heteroatoms. The van der Waals surface area contributed by atoms with Crippen molar-refractivity contribution in [2.45, 2.75) is 79.6 Å². The normalized spacial score (nSPS) is 12.5. The van der Waals surface area contributed by atoms with Crippen molar-refractivity contribution in [3.8, 4) is 0 Å². The first-order chi connectivity index (χ1) is 64.4. The number of hydrogen-bond donors (Lipinski definition) is 11. The van der Waals surface area contributed by atoms with Crippen LogP contribution in [0.5, 0.6) is 0 Å².